The third-order valence-electron chi connectivity index (χ3n) is 2.83. The summed E-state index contributed by atoms with van der Waals surface area (Å²) >= 11 is 0. The number of aromatic nitrogens is 3. The third kappa shape index (κ3) is 3.76. The van der Waals surface area contributed by atoms with Crippen LogP contribution in [0.3, 0.4) is 0 Å². The Hall–Kier alpha value is -2.05. The van der Waals surface area contributed by atoms with Crippen LogP contribution in [0.2, 0.25) is 0 Å². The number of carbonyl (C=O) groups is 1. The van der Waals surface area contributed by atoms with Crippen LogP contribution in [0, 0.1) is 0 Å². The van der Waals surface area contributed by atoms with Crippen LogP contribution in [0.1, 0.15) is 31.5 Å². The fourth-order valence-corrected chi connectivity index (χ4v) is 1.87. The van der Waals surface area contributed by atoms with Crippen molar-refractivity contribution in [3.8, 4) is 0 Å². The van der Waals surface area contributed by atoms with Gasteiger partial charge < -0.3 is 10.6 Å². The summed E-state index contributed by atoms with van der Waals surface area (Å²) in [7, 11) is 0. The molecule has 18 heavy (non-hydrogen) atoms. The maximum Gasteiger partial charge on any atom is 0.340 e. The Morgan fingerprint density at radius 1 is 1.33 bits per heavy atom. The molecule has 98 valence electrons. The summed E-state index contributed by atoms with van der Waals surface area (Å²) in [5.41, 5.74) is 0.907. The van der Waals surface area contributed by atoms with E-state index < -0.39 is 0 Å². The third-order valence-corrected chi connectivity index (χ3v) is 2.83. The van der Waals surface area contributed by atoms with Crippen molar-refractivity contribution in [1.29, 1.82) is 0 Å². The number of hydrogen-bond acceptors (Lipinski definition) is 3. The van der Waals surface area contributed by atoms with Gasteiger partial charge in [-0.15, -0.1) is 0 Å². The van der Waals surface area contributed by atoms with Gasteiger partial charge in [0.2, 0.25) is 0 Å². The maximum atomic E-state index is 11.5. The number of aromatic amines is 2. The van der Waals surface area contributed by atoms with Gasteiger partial charge in [-0.1, -0.05) is 11.6 Å². The monoisotopic (exact) mass is 251 g/mol. The lowest BCUT2D eigenvalue weighted by molar-refractivity contribution is 0.241. The topological polar surface area (TPSA) is 103 Å². The molecule has 0 fully saturated rings. The van der Waals surface area contributed by atoms with Crippen LogP contribution >= 0.6 is 0 Å². The molecule has 0 saturated heterocycles. The number of nitrogens with one attached hydrogen (secondary N) is 4. The first kappa shape index (κ1) is 12.4. The Morgan fingerprint density at radius 2 is 2.17 bits per heavy atom. The van der Waals surface area contributed by atoms with Gasteiger partial charge in [0, 0.05) is 6.54 Å². The molecule has 4 N–H and O–H groups in total. The average Bonchev–Trinajstić information content (AvgIpc) is 2.81. The minimum atomic E-state index is -0.375. The molecule has 1 aliphatic carbocycles. The van der Waals surface area contributed by atoms with Gasteiger partial charge in [0.15, 0.2) is 0 Å². The van der Waals surface area contributed by atoms with Gasteiger partial charge in [-0.2, -0.15) is 5.10 Å². The van der Waals surface area contributed by atoms with Crippen LogP contribution < -0.4 is 16.3 Å². The van der Waals surface area contributed by atoms with Gasteiger partial charge >= 0.3 is 11.7 Å². The lowest BCUT2D eigenvalue weighted by atomic mass is 10.00. The first-order chi connectivity index (χ1) is 8.74. The van der Waals surface area contributed by atoms with Crippen LogP contribution in [0.15, 0.2) is 16.4 Å². The highest BCUT2D eigenvalue weighted by Gasteiger charge is 2.06. The molecule has 0 spiro atoms. The lowest BCUT2D eigenvalue weighted by Gasteiger charge is -2.13. The van der Waals surface area contributed by atoms with Crippen molar-refractivity contribution < 1.29 is 4.79 Å². The molecule has 2 amide bonds. The Kier molecular flexibility index (Phi) is 4.16. The summed E-state index contributed by atoms with van der Waals surface area (Å²) in [6.45, 7) is 0.784. The summed E-state index contributed by atoms with van der Waals surface area (Å²) in [5.74, 6) is 0.409. The van der Waals surface area contributed by atoms with E-state index in [2.05, 4.69) is 31.9 Å². The quantitative estimate of drug-likeness (QED) is 0.582. The molecule has 0 radical (unpaired) electrons. The van der Waals surface area contributed by atoms with Crippen molar-refractivity contribution >= 4 is 6.03 Å². The smallest absolute Gasteiger partial charge is 0.334 e. The Morgan fingerprint density at radius 3 is 2.83 bits per heavy atom. The molecule has 2 rings (SSSR count). The highest BCUT2D eigenvalue weighted by molar-refractivity contribution is 5.74. The molecule has 0 atom stereocenters. The maximum absolute atomic E-state index is 11.5. The van der Waals surface area contributed by atoms with Gasteiger partial charge in [0.1, 0.15) is 5.82 Å². The summed E-state index contributed by atoms with van der Waals surface area (Å²) in [4.78, 5) is 24.7. The summed E-state index contributed by atoms with van der Waals surface area (Å²) in [6, 6.07) is -0.259. The zero-order chi connectivity index (χ0) is 12.8. The number of amides is 2. The molecular weight excluding hydrogens is 234 g/mol. The Labute approximate surface area is 104 Å². The zero-order valence-corrected chi connectivity index (χ0v) is 10.1. The van der Waals surface area contributed by atoms with Crippen LogP contribution in [-0.2, 0) is 6.54 Å². The van der Waals surface area contributed by atoms with Crippen LogP contribution in [0.4, 0.5) is 4.79 Å². The molecule has 1 aromatic heterocycles. The largest absolute Gasteiger partial charge is 0.340 e. The predicted octanol–water partition coefficient (Wildman–Crippen LogP) is 0.398. The molecule has 1 heterocycles. The van der Waals surface area contributed by atoms with Crippen molar-refractivity contribution in [2.75, 3.05) is 6.54 Å². The van der Waals surface area contributed by atoms with Crippen LogP contribution in [0.5, 0.6) is 0 Å². The number of H-pyrrole nitrogens is 2. The summed E-state index contributed by atoms with van der Waals surface area (Å²) < 4.78 is 0. The Bertz CT molecular complexity index is 488. The number of allylic oxidation sites excluding steroid dienone is 1. The number of rotatable bonds is 4. The number of urea groups is 1. The first-order valence-electron chi connectivity index (χ1n) is 6.07. The second-order valence-corrected chi connectivity index (χ2v) is 4.27. The van der Waals surface area contributed by atoms with Gasteiger partial charge in [-0.25, -0.2) is 14.7 Å². The number of carbonyl (C=O) groups excluding carboxylic acids is 1. The molecule has 0 unspecified atom stereocenters. The van der Waals surface area contributed by atoms with E-state index in [1.54, 1.807) is 0 Å². The fraction of sp³-hybridized carbons (Fsp3) is 0.545. The van der Waals surface area contributed by atoms with E-state index in [0.717, 1.165) is 12.8 Å². The van der Waals surface area contributed by atoms with Crippen molar-refractivity contribution in [3.63, 3.8) is 0 Å². The average molecular weight is 251 g/mol. The van der Waals surface area contributed by atoms with E-state index in [9.17, 15) is 9.59 Å². The normalized spacial score (nSPS) is 15.0. The molecule has 0 aromatic carbocycles. The van der Waals surface area contributed by atoms with Crippen molar-refractivity contribution in [2.24, 2.45) is 0 Å². The Balaban J connectivity index is 1.69. The molecule has 7 nitrogen and oxygen atoms in total. The SMILES string of the molecule is O=C(NCC1=CCCCC1)NCc1n[nH]c(=O)[nH]1. The highest BCUT2D eigenvalue weighted by Crippen LogP contribution is 2.16. The molecule has 0 saturated carbocycles. The standard InChI is InChI=1S/C11H17N5O2/c17-10(12-6-8-4-2-1-3-5-8)13-7-9-14-11(18)16-15-9/h4H,1-3,5-7H2,(H2,12,13,17)(H2,14,15,16,18). The molecule has 7 heteroatoms. The highest BCUT2D eigenvalue weighted by atomic mass is 16.2. The molecule has 1 aromatic rings. The van der Waals surface area contributed by atoms with Gasteiger partial charge in [0.25, 0.3) is 0 Å². The summed E-state index contributed by atoms with van der Waals surface area (Å²) in [6.07, 6.45) is 6.79. The second kappa shape index (κ2) is 6.04. The van der Waals surface area contributed by atoms with E-state index in [0.29, 0.717) is 12.4 Å². The molecule has 1 aliphatic rings. The van der Waals surface area contributed by atoms with Gasteiger partial charge in [0.05, 0.1) is 6.54 Å². The lowest BCUT2D eigenvalue weighted by Crippen LogP contribution is -2.36. The minimum absolute atomic E-state index is 0.198. The van der Waals surface area contributed by atoms with Crippen LogP contribution in [0.25, 0.3) is 0 Å². The van der Waals surface area contributed by atoms with Crippen molar-refractivity contribution in [3.05, 3.63) is 28.0 Å². The van der Waals surface area contributed by atoms with Gasteiger partial charge in [-0.3, -0.25) is 4.98 Å². The first-order valence-corrected chi connectivity index (χ1v) is 6.07. The fourth-order valence-electron chi connectivity index (χ4n) is 1.87. The number of nitrogens with zero attached hydrogens (tertiary/aromatic N) is 1. The van der Waals surface area contributed by atoms with Gasteiger partial charge in [-0.05, 0) is 25.7 Å². The summed E-state index contributed by atoms with van der Waals surface area (Å²) in [5, 5.41) is 11.3. The zero-order valence-electron chi connectivity index (χ0n) is 10.1. The van der Waals surface area contributed by atoms with Crippen molar-refractivity contribution in [1.82, 2.24) is 25.8 Å². The number of hydrogen-bond donors (Lipinski definition) is 4. The predicted molar refractivity (Wildman–Crippen MR) is 66.0 cm³/mol. The van der Waals surface area contributed by atoms with E-state index in [1.807, 2.05) is 0 Å². The molecule has 0 aliphatic heterocycles. The van der Waals surface area contributed by atoms with E-state index in [4.69, 9.17) is 0 Å². The van der Waals surface area contributed by atoms with Crippen molar-refractivity contribution in [2.45, 2.75) is 32.2 Å². The van der Waals surface area contributed by atoms with E-state index in [1.165, 1.54) is 18.4 Å². The van der Waals surface area contributed by atoms with E-state index >= 15 is 0 Å². The van der Waals surface area contributed by atoms with Crippen LogP contribution in [-0.4, -0.2) is 27.8 Å². The molecule has 0 bridgehead atoms. The second-order valence-electron chi connectivity index (χ2n) is 4.27. The van der Waals surface area contributed by atoms with E-state index in [-0.39, 0.29) is 18.3 Å². The molecular formula is C11H17N5O2. The minimum Gasteiger partial charge on any atom is -0.334 e.